The average Bonchev–Trinajstić information content (AvgIpc) is 2.52. The third kappa shape index (κ3) is 2.38. The summed E-state index contributed by atoms with van der Waals surface area (Å²) in [5.41, 5.74) is 2.86. The summed E-state index contributed by atoms with van der Waals surface area (Å²) in [5.74, 6) is 0.855. The number of piperidine rings is 2. The van der Waals surface area contributed by atoms with Crippen molar-refractivity contribution in [1.82, 2.24) is 14.8 Å². The van der Waals surface area contributed by atoms with E-state index < -0.39 is 0 Å². The summed E-state index contributed by atoms with van der Waals surface area (Å²) in [7, 11) is 1.70. The predicted molar refractivity (Wildman–Crippen MR) is 100 cm³/mol. The van der Waals surface area contributed by atoms with E-state index in [4.69, 9.17) is 16.3 Å². The lowest BCUT2D eigenvalue weighted by Gasteiger charge is -2.66. The molecular weight excluding hydrogens is 334 g/mol. The number of fused-ring (bicyclic) bond motifs is 1. The molecule has 4 aliphatic rings. The highest BCUT2D eigenvalue weighted by atomic mass is 35.5. The fourth-order valence-corrected chi connectivity index (χ4v) is 6.10. The van der Waals surface area contributed by atoms with Gasteiger partial charge in [0.2, 0.25) is 0 Å². The topological polar surface area (TPSA) is 28.6 Å². The van der Waals surface area contributed by atoms with Crippen LogP contribution in [-0.2, 0) is 0 Å². The molecule has 1 aromatic heterocycles. The molecule has 0 aliphatic carbocycles. The van der Waals surface area contributed by atoms with Crippen molar-refractivity contribution in [3.8, 4) is 5.75 Å². The zero-order valence-corrected chi connectivity index (χ0v) is 15.8. The van der Waals surface area contributed by atoms with Gasteiger partial charge in [0.15, 0.2) is 0 Å². The van der Waals surface area contributed by atoms with Gasteiger partial charge in [-0.25, -0.2) is 4.98 Å². The normalized spacial score (nSPS) is 39.1. The lowest BCUT2D eigenvalue weighted by molar-refractivity contribution is -0.194. The summed E-state index contributed by atoms with van der Waals surface area (Å²) in [5, 5.41) is 1.72. The molecule has 1 aromatic carbocycles. The van der Waals surface area contributed by atoms with Crippen molar-refractivity contribution in [1.29, 1.82) is 0 Å². The number of pyridine rings is 1. The Kier molecular flexibility index (Phi) is 3.23. The number of nitrogens with zero attached hydrogens (tertiary/aromatic N) is 3. The minimum absolute atomic E-state index is 0.247. The van der Waals surface area contributed by atoms with Crippen molar-refractivity contribution in [2.75, 3.05) is 33.3 Å². The van der Waals surface area contributed by atoms with Crippen molar-refractivity contribution in [2.45, 2.75) is 26.4 Å². The number of hydrogen-bond donors (Lipinski definition) is 0. The molecule has 4 nitrogen and oxygen atoms in total. The second-order valence-corrected chi connectivity index (χ2v) is 9.27. The Hall–Kier alpha value is -1.36. The van der Waals surface area contributed by atoms with Gasteiger partial charge in [0, 0.05) is 37.1 Å². The predicted octanol–water partition coefficient (Wildman–Crippen LogP) is 3.94. The largest absolute Gasteiger partial charge is 0.497 e. The van der Waals surface area contributed by atoms with E-state index in [2.05, 4.69) is 34.7 Å². The van der Waals surface area contributed by atoms with Crippen LogP contribution in [0.25, 0.3) is 10.9 Å². The molecular formula is C20H24ClN3O. The van der Waals surface area contributed by atoms with E-state index in [0.29, 0.717) is 16.0 Å². The van der Waals surface area contributed by atoms with E-state index >= 15 is 0 Å². The maximum atomic E-state index is 6.64. The molecule has 4 aliphatic heterocycles. The maximum absolute atomic E-state index is 6.64. The molecule has 5 heteroatoms. The summed E-state index contributed by atoms with van der Waals surface area (Å²) in [6.45, 7) is 9.47. The van der Waals surface area contributed by atoms with Crippen molar-refractivity contribution >= 4 is 22.5 Å². The number of benzene rings is 1. The van der Waals surface area contributed by atoms with Gasteiger partial charge in [0.1, 0.15) is 10.9 Å². The highest BCUT2D eigenvalue weighted by Crippen LogP contribution is 2.54. The molecule has 0 unspecified atom stereocenters. The first-order chi connectivity index (χ1) is 11.9. The Balaban J connectivity index is 1.60. The molecule has 4 saturated heterocycles. The molecule has 4 bridgehead atoms. The lowest BCUT2D eigenvalue weighted by Crippen LogP contribution is -2.70. The minimum Gasteiger partial charge on any atom is -0.497 e. The van der Waals surface area contributed by atoms with Gasteiger partial charge in [0.25, 0.3) is 0 Å². The van der Waals surface area contributed by atoms with Crippen molar-refractivity contribution < 1.29 is 4.74 Å². The summed E-state index contributed by atoms with van der Waals surface area (Å²) in [4.78, 5) is 9.91. The van der Waals surface area contributed by atoms with Gasteiger partial charge in [-0.2, -0.15) is 0 Å². The van der Waals surface area contributed by atoms with Gasteiger partial charge < -0.3 is 4.74 Å². The molecule has 4 fully saturated rings. The smallest absolute Gasteiger partial charge is 0.135 e. The van der Waals surface area contributed by atoms with Gasteiger partial charge in [-0.1, -0.05) is 25.4 Å². The third-order valence-electron chi connectivity index (χ3n) is 6.17. The van der Waals surface area contributed by atoms with Crippen LogP contribution in [0.1, 0.15) is 32.0 Å². The number of halogens is 1. The van der Waals surface area contributed by atoms with E-state index in [1.807, 2.05) is 18.2 Å². The molecule has 5 heterocycles. The van der Waals surface area contributed by atoms with Crippen LogP contribution in [0.3, 0.4) is 0 Å². The quantitative estimate of drug-likeness (QED) is 0.761. The summed E-state index contributed by atoms with van der Waals surface area (Å²) in [6, 6.07) is 8.17. The van der Waals surface area contributed by atoms with Gasteiger partial charge in [-0.3, -0.25) is 9.80 Å². The molecule has 0 amide bonds. The molecule has 0 N–H and O–H groups in total. The first kappa shape index (κ1) is 15.9. The Labute approximate surface area is 153 Å². The first-order valence-corrected chi connectivity index (χ1v) is 9.38. The Bertz CT molecular complexity index is 831. The van der Waals surface area contributed by atoms with E-state index in [0.717, 1.165) is 48.4 Å². The van der Waals surface area contributed by atoms with Crippen LogP contribution < -0.4 is 4.74 Å². The van der Waals surface area contributed by atoms with Crippen LogP contribution in [0.2, 0.25) is 5.15 Å². The molecule has 25 heavy (non-hydrogen) atoms. The monoisotopic (exact) mass is 357 g/mol. The van der Waals surface area contributed by atoms with Crippen LogP contribution in [0.4, 0.5) is 0 Å². The van der Waals surface area contributed by atoms with Crippen LogP contribution >= 0.6 is 11.6 Å². The highest BCUT2D eigenvalue weighted by molar-refractivity contribution is 6.30. The SMILES string of the molecule is COc1ccc2nc(Cl)c(C3N4CC5(C)CN3CC(C)(C4)C5)cc2c1. The maximum Gasteiger partial charge on any atom is 0.135 e. The fraction of sp³-hybridized carbons (Fsp3) is 0.550. The summed E-state index contributed by atoms with van der Waals surface area (Å²) >= 11 is 6.64. The van der Waals surface area contributed by atoms with E-state index in [-0.39, 0.29) is 6.17 Å². The van der Waals surface area contributed by atoms with E-state index in [1.165, 1.54) is 6.42 Å². The molecule has 132 valence electrons. The van der Waals surface area contributed by atoms with Gasteiger partial charge >= 0.3 is 0 Å². The summed E-state index contributed by atoms with van der Waals surface area (Å²) in [6.07, 6.45) is 1.58. The Morgan fingerprint density at radius 3 is 2.32 bits per heavy atom. The standard InChI is InChI=1S/C20H24ClN3O/c1-19-8-20(2)11-23(9-19)18(24(10-19)12-20)15-7-13-6-14(25-3)4-5-16(13)22-17(15)21/h4-7,18H,8-12H2,1-3H3. The highest BCUT2D eigenvalue weighted by Gasteiger charge is 2.56. The van der Waals surface area contributed by atoms with Gasteiger partial charge in [-0.15, -0.1) is 0 Å². The average molecular weight is 358 g/mol. The minimum atomic E-state index is 0.247. The van der Waals surface area contributed by atoms with E-state index in [1.54, 1.807) is 7.11 Å². The zero-order valence-electron chi connectivity index (χ0n) is 15.1. The molecule has 2 aromatic rings. The second-order valence-electron chi connectivity index (χ2n) is 8.91. The van der Waals surface area contributed by atoms with E-state index in [9.17, 15) is 0 Å². The molecule has 0 radical (unpaired) electrons. The number of ether oxygens (including phenoxy) is 1. The Morgan fingerprint density at radius 1 is 1.08 bits per heavy atom. The Morgan fingerprint density at radius 2 is 1.72 bits per heavy atom. The van der Waals surface area contributed by atoms with Gasteiger partial charge in [0.05, 0.1) is 18.8 Å². The van der Waals surface area contributed by atoms with Gasteiger partial charge in [-0.05, 0) is 41.5 Å². The van der Waals surface area contributed by atoms with Crippen molar-refractivity contribution in [2.24, 2.45) is 10.8 Å². The molecule has 0 spiro atoms. The molecule has 6 rings (SSSR count). The van der Waals surface area contributed by atoms with Crippen molar-refractivity contribution in [3.05, 3.63) is 35.0 Å². The fourth-order valence-electron chi connectivity index (χ4n) is 5.85. The number of aromatic nitrogens is 1. The molecule has 0 saturated carbocycles. The number of rotatable bonds is 2. The zero-order chi connectivity index (χ0) is 17.4. The third-order valence-corrected chi connectivity index (χ3v) is 6.47. The number of hydrogen-bond acceptors (Lipinski definition) is 4. The number of methoxy groups -OCH3 is 1. The van der Waals surface area contributed by atoms with Crippen LogP contribution in [0, 0.1) is 10.8 Å². The van der Waals surface area contributed by atoms with Crippen molar-refractivity contribution in [3.63, 3.8) is 0 Å². The lowest BCUT2D eigenvalue weighted by atomic mass is 9.63. The van der Waals surface area contributed by atoms with Crippen LogP contribution in [-0.4, -0.2) is 48.1 Å². The summed E-state index contributed by atoms with van der Waals surface area (Å²) < 4.78 is 5.38. The first-order valence-electron chi connectivity index (χ1n) is 9.01. The second kappa shape index (κ2) is 5.09. The molecule has 0 atom stereocenters. The van der Waals surface area contributed by atoms with Crippen LogP contribution in [0.5, 0.6) is 5.75 Å². The van der Waals surface area contributed by atoms with Crippen LogP contribution in [0.15, 0.2) is 24.3 Å².